The van der Waals surface area contributed by atoms with Gasteiger partial charge in [0.05, 0.1) is 22.8 Å². The molecule has 0 atom stereocenters. The molecule has 0 bridgehead atoms. The molecule has 1 aromatic rings. The van der Waals surface area contributed by atoms with Gasteiger partial charge in [-0.25, -0.2) is 0 Å². The van der Waals surface area contributed by atoms with Crippen LogP contribution in [0.15, 0.2) is 18.2 Å². The van der Waals surface area contributed by atoms with Crippen molar-refractivity contribution in [1.82, 2.24) is 0 Å². The van der Waals surface area contributed by atoms with Crippen LogP contribution >= 0.6 is 0 Å². The Hall–Kier alpha value is -1.31. The largest absolute Gasteiger partial charge is 0.494 e. The summed E-state index contributed by atoms with van der Waals surface area (Å²) < 4.78 is 11.8. The van der Waals surface area contributed by atoms with Crippen molar-refractivity contribution >= 4 is 12.6 Å². The van der Waals surface area contributed by atoms with Crippen LogP contribution in [0.2, 0.25) is 0 Å². The Kier molecular flexibility index (Phi) is 2.77. The second kappa shape index (κ2) is 3.87. The highest BCUT2D eigenvalue weighted by molar-refractivity contribution is 6.62. The Morgan fingerprint density at radius 1 is 1.24 bits per heavy atom. The van der Waals surface area contributed by atoms with Crippen molar-refractivity contribution in [2.75, 3.05) is 0 Å². The molecule has 17 heavy (non-hydrogen) atoms. The summed E-state index contributed by atoms with van der Waals surface area (Å²) in [4.78, 5) is 0. The van der Waals surface area contributed by atoms with Crippen LogP contribution in [0.1, 0.15) is 33.3 Å². The van der Waals surface area contributed by atoms with Gasteiger partial charge in [0.25, 0.3) is 0 Å². The van der Waals surface area contributed by atoms with Crippen molar-refractivity contribution in [1.29, 1.82) is 5.26 Å². The third kappa shape index (κ3) is 2.09. The maximum absolute atomic E-state index is 8.85. The first kappa shape index (κ1) is 12.2. The van der Waals surface area contributed by atoms with Gasteiger partial charge in [-0.3, -0.25) is 0 Å². The monoisotopic (exact) mass is 228 g/mol. The van der Waals surface area contributed by atoms with Gasteiger partial charge in [-0.15, -0.1) is 0 Å². The lowest BCUT2D eigenvalue weighted by Crippen LogP contribution is -2.41. The minimum atomic E-state index is -0.415. The summed E-state index contributed by atoms with van der Waals surface area (Å²) in [5.41, 5.74) is 0.643. The van der Waals surface area contributed by atoms with Crippen LogP contribution in [-0.4, -0.2) is 18.3 Å². The van der Waals surface area contributed by atoms with E-state index in [1.165, 1.54) is 0 Å². The van der Waals surface area contributed by atoms with Crippen LogP contribution in [0.3, 0.4) is 0 Å². The molecule has 0 aromatic heterocycles. The van der Waals surface area contributed by atoms with Crippen LogP contribution in [0.5, 0.6) is 0 Å². The molecule has 2 rings (SSSR count). The molecule has 1 fully saturated rings. The van der Waals surface area contributed by atoms with Crippen LogP contribution in [0.4, 0.5) is 0 Å². The summed E-state index contributed by atoms with van der Waals surface area (Å²) in [5.74, 6) is 0. The number of nitrogens with zero attached hydrogens (tertiary/aromatic N) is 1. The summed E-state index contributed by atoms with van der Waals surface area (Å²) >= 11 is 0. The van der Waals surface area contributed by atoms with Crippen molar-refractivity contribution in [3.8, 4) is 6.07 Å². The highest BCUT2D eigenvalue weighted by atomic mass is 16.7. The third-order valence-corrected chi connectivity index (χ3v) is 3.47. The second-order valence-electron chi connectivity index (χ2n) is 5.24. The van der Waals surface area contributed by atoms with E-state index in [-0.39, 0.29) is 11.2 Å². The molecule has 1 radical (unpaired) electrons. The highest BCUT2D eigenvalue weighted by Crippen LogP contribution is 2.36. The van der Waals surface area contributed by atoms with Gasteiger partial charge in [0, 0.05) is 6.07 Å². The Bertz CT molecular complexity index is 461. The summed E-state index contributed by atoms with van der Waals surface area (Å²) in [6.07, 6.45) is 0. The maximum atomic E-state index is 8.85. The van der Waals surface area contributed by atoms with Gasteiger partial charge < -0.3 is 9.31 Å². The fourth-order valence-corrected chi connectivity index (χ4v) is 1.67. The van der Waals surface area contributed by atoms with Crippen LogP contribution < -0.4 is 5.46 Å². The van der Waals surface area contributed by atoms with E-state index in [1.54, 1.807) is 12.1 Å². The van der Waals surface area contributed by atoms with E-state index >= 15 is 0 Å². The molecule has 0 amide bonds. The maximum Gasteiger partial charge on any atom is 0.494 e. The zero-order valence-electron chi connectivity index (χ0n) is 10.6. The molecule has 1 saturated heterocycles. The Labute approximate surface area is 102 Å². The van der Waals surface area contributed by atoms with Crippen LogP contribution in [-0.2, 0) is 9.31 Å². The van der Waals surface area contributed by atoms with Crippen molar-refractivity contribution in [3.63, 3.8) is 0 Å². The van der Waals surface area contributed by atoms with E-state index < -0.39 is 7.12 Å². The third-order valence-electron chi connectivity index (χ3n) is 3.47. The quantitative estimate of drug-likeness (QED) is 0.686. The SMILES string of the molecule is CC1(C)OB(c2cc[c]c(C#N)c2)OC1(C)C. The van der Waals surface area contributed by atoms with Crippen molar-refractivity contribution in [2.24, 2.45) is 0 Å². The van der Waals surface area contributed by atoms with Gasteiger partial charge in [0.2, 0.25) is 0 Å². The molecule has 1 heterocycles. The number of nitriles is 1. The number of rotatable bonds is 1. The van der Waals surface area contributed by atoms with Crippen LogP contribution in [0, 0.1) is 17.4 Å². The first-order chi connectivity index (χ1) is 7.86. The lowest BCUT2D eigenvalue weighted by Gasteiger charge is -2.32. The smallest absolute Gasteiger partial charge is 0.399 e. The topological polar surface area (TPSA) is 42.2 Å². The highest BCUT2D eigenvalue weighted by Gasteiger charge is 2.51. The zero-order valence-corrected chi connectivity index (χ0v) is 10.6. The minimum Gasteiger partial charge on any atom is -0.399 e. The molecule has 0 saturated carbocycles. The second-order valence-corrected chi connectivity index (χ2v) is 5.24. The lowest BCUT2D eigenvalue weighted by molar-refractivity contribution is 0.00578. The van der Waals surface area contributed by atoms with Crippen molar-refractivity contribution in [2.45, 2.75) is 38.9 Å². The molecule has 0 unspecified atom stereocenters. The molecule has 1 aliphatic heterocycles. The molecule has 0 aliphatic carbocycles. The van der Waals surface area contributed by atoms with Crippen molar-refractivity contribution in [3.05, 3.63) is 29.8 Å². The van der Waals surface area contributed by atoms with E-state index in [1.807, 2.05) is 33.8 Å². The van der Waals surface area contributed by atoms with Gasteiger partial charge in [-0.2, -0.15) is 5.26 Å². The van der Waals surface area contributed by atoms with E-state index in [4.69, 9.17) is 14.6 Å². The van der Waals surface area contributed by atoms with E-state index in [0.717, 1.165) is 5.46 Å². The van der Waals surface area contributed by atoms with E-state index in [2.05, 4.69) is 12.1 Å². The van der Waals surface area contributed by atoms with Gasteiger partial charge >= 0.3 is 7.12 Å². The summed E-state index contributed by atoms with van der Waals surface area (Å²) in [7, 11) is -0.415. The zero-order chi connectivity index (χ0) is 12.7. The first-order valence-electron chi connectivity index (χ1n) is 5.63. The molecule has 3 nitrogen and oxygen atoms in total. The standard InChI is InChI=1S/C13H15BNO2/c1-12(2)13(3,4)17-14(16-12)11-7-5-6-10(8-11)9-15/h5,7-8H,1-4H3. The molecule has 1 aliphatic rings. The average molecular weight is 228 g/mol. The predicted molar refractivity (Wildman–Crippen MR) is 65.7 cm³/mol. The molecule has 4 heteroatoms. The number of hydrogen-bond acceptors (Lipinski definition) is 3. The fourth-order valence-electron chi connectivity index (χ4n) is 1.67. The summed E-state index contributed by atoms with van der Waals surface area (Å²) in [6, 6.07) is 10.3. The van der Waals surface area contributed by atoms with Gasteiger partial charge in [-0.05, 0) is 39.2 Å². The first-order valence-corrected chi connectivity index (χ1v) is 5.63. The summed E-state index contributed by atoms with van der Waals surface area (Å²) in [5, 5.41) is 8.85. The molecule has 87 valence electrons. The van der Waals surface area contributed by atoms with Crippen LogP contribution in [0.25, 0.3) is 0 Å². The molecule has 0 spiro atoms. The van der Waals surface area contributed by atoms with E-state index in [0.29, 0.717) is 5.56 Å². The average Bonchev–Trinajstić information content (AvgIpc) is 2.48. The normalized spacial score (nSPS) is 21.2. The molecular formula is C13H15BNO2. The van der Waals surface area contributed by atoms with E-state index in [9.17, 15) is 0 Å². The van der Waals surface area contributed by atoms with Crippen molar-refractivity contribution < 1.29 is 9.31 Å². The lowest BCUT2D eigenvalue weighted by atomic mass is 9.78. The predicted octanol–water partition coefficient (Wildman–Crippen LogP) is 1.66. The Balaban J connectivity index is 2.29. The number of benzene rings is 1. The molecular weight excluding hydrogens is 213 g/mol. The Morgan fingerprint density at radius 3 is 2.35 bits per heavy atom. The van der Waals surface area contributed by atoms with Gasteiger partial charge in [0.1, 0.15) is 0 Å². The minimum absolute atomic E-state index is 0.357. The number of hydrogen-bond donors (Lipinski definition) is 0. The summed E-state index contributed by atoms with van der Waals surface area (Å²) in [6.45, 7) is 8.03. The van der Waals surface area contributed by atoms with Gasteiger partial charge in [-0.1, -0.05) is 12.1 Å². The molecule has 0 N–H and O–H groups in total. The fraction of sp³-hybridized carbons (Fsp3) is 0.462. The Morgan fingerprint density at radius 2 is 1.82 bits per heavy atom. The molecule has 1 aromatic carbocycles. The van der Waals surface area contributed by atoms with Gasteiger partial charge in [0.15, 0.2) is 0 Å².